The number of phenols is 1. The molecule has 0 aliphatic heterocycles. The number of aromatic hydroxyl groups is 1. The van der Waals surface area contributed by atoms with Crippen molar-refractivity contribution in [3.63, 3.8) is 0 Å². The Balaban J connectivity index is 3.15. The van der Waals surface area contributed by atoms with Crippen LogP contribution < -0.4 is 5.32 Å². The average molecular weight is 148 g/mol. The maximum atomic E-state index is 9.08. The first kappa shape index (κ1) is 7.42. The summed E-state index contributed by atoms with van der Waals surface area (Å²) >= 11 is 0. The largest absolute Gasteiger partial charge is 0.507 e. The van der Waals surface area contributed by atoms with Crippen molar-refractivity contribution < 1.29 is 5.11 Å². The van der Waals surface area contributed by atoms with E-state index >= 15 is 0 Å². The van der Waals surface area contributed by atoms with Crippen LogP contribution in [0, 0.1) is 11.3 Å². The molecule has 0 saturated heterocycles. The summed E-state index contributed by atoms with van der Waals surface area (Å²) in [5.41, 5.74) is 1.11. The quantitative estimate of drug-likeness (QED) is 0.590. The van der Waals surface area contributed by atoms with Gasteiger partial charge in [-0.3, -0.25) is 0 Å². The third-order valence-corrected chi connectivity index (χ3v) is 1.41. The van der Waals surface area contributed by atoms with Crippen molar-refractivity contribution in [1.29, 1.82) is 5.26 Å². The van der Waals surface area contributed by atoms with Crippen LogP contribution >= 0.6 is 0 Å². The molecule has 56 valence electrons. The number of hydrogen-bond donors (Lipinski definition) is 2. The van der Waals surface area contributed by atoms with Gasteiger partial charge in [0, 0.05) is 12.7 Å². The fraction of sp³-hybridized carbons (Fsp3) is 0.125. The maximum Gasteiger partial charge on any atom is 0.133 e. The normalized spacial score (nSPS) is 8.73. The molecule has 0 aliphatic carbocycles. The van der Waals surface area contributed by atoms with Crippen molar-refractivity contribution in [2.24, 2.45) is 0 Å². The Hall–Kier alpha value is -1.69. The predicted molar refractivity (Wildman–Crippen MR) is 42.4 cm³/mol. The Morgan fingerprint density at radius 2 is 2.27 bits per heavy atom. The number of hydrogen-bond acceptors (Lipinski definition) is 3. The molecule has 0 saturated carbocycles. The Kier molecular flexibility index (Phi) is 1.98. The second kappa shape index (κ2) is 2.93. The lowest BCUT2D eigenvalue weighted by Crippen LogP contribution is -1.87. The smallest absolute Gasteiger partial charge is 0.133 e. The SMILES string of the molecule is CNc1ccc(O)c(C#N)c1. The number of nitrogens with zero attached hydrogens (tertiary/aromatic N) is 1. The highest BCUT2D eigenvalue weighted by Gasteiger charge is 1.98. The van der Waals surface area contributed by atoms with E-state index in [4.69, 9.17) is 10.4 Å². The molecule has 0 unspecified atom stereocenters. The van der Waals surface area contributed by atoms with Crippen molar-refractivity contribution in [2.45, 2.75) is 0 Å². The summed E-state index contributed by atoms with van der Waals surface area (Å²) in [5, 5.41) is 20.4. The third-order valence-electron chi connectivity index (χ3n) is 1.41. The maximum absolute atomic E-state index is 9.08. The molecule has 0 fully saturated rings. The molecule has 1 aromatic carbocycles. The number of nitriles is 1. The minimum atomic E-state index is 0.0199. The van der Waals surface area contributed by atoms with Crippen LogP contribution in [-0.2, 0) is 0 Å². The van der Waals surface area contributed by atoms with E-state index in [-0.39, 0.29) is 11.3 Å². The third kappa shape index (κ3) is 1.41. The van der Waals surface area contributed by atoms with Gasteiger partial charge in [0.1, 0.15) is 11.8 Å². The number of phenolic OH excluding ortho intramolecular Hbond substituents is 1. The molecule has 3 heteroatoms. The summed E-state index contributed by atoms with van der Waals surface area (Å²) < 4.78 is 0. The number of anilines is 1. The van der Waals surface area contributed by atoms with Gasteiger partial charge in [-0.15, -0.1) is 0 Å². The molecule has 0 radical (unpaired) electrons. The van der Waals surface area contributed by atoms with Crippen LogP contribution in [0.3, 0.4) is 0 Å². The van der Waals surface area contributed by atoms with E-state index in [9.17, 15) is 0 Å². The molecular weight excluding hydrogens is 140 g/mol. The molecule has 2 N–H and O–H groups in total. The van der Waals surface area contributed by atoms with Gasteiger partial charge in [0.2, 0.25) is 0 Å². The molecular formula is C8H8N2O. The lowest BCUT2D eigenvalue weighted by atomic mass is 10.2. The molecule has 1 aromatic rings. The molecule has 0 bridgehead atoms. The average Bonchev–Trinajstić information content (AvgIpc) is 2.05. The van der Waals surface area contributed by atoms with Crippen LogP contribution in [0.5, 0.6) is 5.75 Å². The van der Waals surface area contributed by atoms with Crippen molar-refractivity contribution in [3.8, 4) is 11.8 Å². The van der Waals surface area contributed by atoms with Crippen molar-refractivity contribution in [3.05, 3.63) is 23.8 Å². The van der Waals surface area contributed by atoms with Gasteiger partial charge in [0.15, 0.2) is 0 Å². The summed E-state index contributed by atoms with van der Waals surface area (Å²) in [6.07, 6.45) is 0. The molecule has 1 rings (SSSR count). The number of nitrogens with one attached hydrogen (secondary N) is 1. The second-order valence-corrected chi connectivity index (χ2v) is 2.09. The highest BCUT2D eigenvalue weighted by Crippen LogP contribution is 2.19. The molecule has 0 aromatic heterocycles. The van der Waals surface area contributed by atoms with E-state index in [0.717, 1.165) is 5.69 Å². The fourth-order valence-corrected chi connectivity index (χ4v) is 0.781. The standard InChI is InChI=1S/C8H8N2O/c1-10-7-2-3-8(11)6(4-7)5-9/h2-4,10-11H,1H3. The van der Waals surface area contributed by atoms with Crippen LogP contribution in [-0.4, -0.2) is 12.2 Å². The van der Waals surface area contributed by atoms with Gasteiger partial charge in [-0.1, -0.05) is 0 Å². The van der Waals surface area contributed by atoms with Crippen molar-refractivity contribution in [1.82, 2.24) is 0 Å². The van der Waals surface area contributed by atoms with Crippen LogP contribution in [0.2, 0.25) is 0 Å². The van der Waals surface area contributed by atoms with Gasteiger partial charge in [-0.2, -0.15) is 5.26 Å². The molecule has 0 heterocycles. The Morgan fingerprint density at radius 1 is 1.55 bits per heavy atom. The minimum Gasteiger partial charge on any atom is -0.507 e. The molecule has 3 nitrogen and oxygen atoms in total. The summed E-state index contributed by atoms with van der Waals surface area (Å²) in [6, 6.07) is 6.67. The molecule has 11 heavy (non-hydrogen) atoms. The first-order valence-corrected chi connectivity index (χ1v) is 3.19. The molecule has 0 aliphatic rings. The van der Waals surface area contributed by atoms with Crippen molar-refractivity contribution in [2.75, 3.05) is 12.4 Å². The molecule has 0 spiro atoms. The summed E-state index contributed by atoms with van der Waals surface area (Å²) in [5.74, 6) is 0.0199. The van der Waals surface area contributed by atoms with Crippen LogP contribution in [0.25, 0.3) is 0 Å². The lowest BCUT2D eigenvalue weighted by Gasteiger charge is -2.00. The van der Waals surface area contributed by atoms with Gasteiger partial charge in [-0.05, 0) is 18.2 Å². The van der Waals surface area contributed by atoms with Gasteiger partial charge in [0.25, 0.3) is 0 Å². The van der Waals surface area contributed by atoms with E-state index in [0.29, 0.717) is 0 Å². The van der Waals surface area contributed by atoms with Crippen molar-refractivity contribution >= 4 is 5.69 Å². The van der Waals surface area contributed by atoms with Crippen LogP contribution in [0.1, 0.15) is 5.56 Å². The topological polar surface area (TPSA) is 56.0 Å². The molecule has 0 atom stereocenters. The zero-order valence-electron chi connectivity index (χ0n) is 6.13. The van der Waals surface area contributed by atoms with Gasteiger partial charge < -0.3 is 10.4 Å². The summed E-state index contributed by atoms with van der Waals surface area (Å²) in [6.45, 7) is 0. The first-order valence-electron chi connectivity index (χ1n) is 3.19. The van der Waals surface area contributed by atoms with Crippen LogP contribution in [0.4, 0.5) is 5.69 Å². The first-order chi connectivity index (χ1) is 5.27. The minimum absolute atomic E-state index is 0.0199. The Morgan fingerprint density at radius 3 is 2.82 bits per heavy atom. The second-order valence-electron chi connectivity index (χ2n) is 2.09. The highest BCUT2D eigenvalue weighted by atomic mass is 16.3. The Labute approximate surface area is 64.9 Å². The zero-order chi connectivity index (χ0) is 8.27. The van der Waals surface area contributed by atoms with E-state index in [2.05, 4.69) is 5.32 Å². The van der Waals surface area contributed by atoms with E-state index in [1.807, 2.05) is 6.07 Å². The van der Waals surface area contributed by atoms with E-state index < -0.39 is 0 Å². The summed E-state index contributed by atoms with van der Waals surface area (Å²) in [7, 11) is 1.76. The number of rotatable bonds is 1. The summed E-state index contributed by atoms with van der Waals surface area (Å²) in [4.78, 5) is 0. The predicted octanol–water partition coefficient (Wildman–Crippen LogP) is 1.31. The monoisotopic (exact) mass is 148 g/mol. The van der Waals surface area contributed by atoms with Gasteiger partial charge >= 0.3 is 0 Å². The van der Waals surface area contributed by atoms with Gasteiger partial charge in [0.05, 0.1) is 5.56 Å². The lowest BCUT2D eigenvalue weighted by molar-refractivity contribution is 0.473. The Bertz CT molecular complexity index is 301. The number of benzene rings is 1. The van der Waals surface area contributed by atoms with Gasteiger partial charge in [-0.25, -0.2) is 0 Å². The molecule has 0 amide bonds. The zero-order valence-corrected chi connectivity index (χ0v) is 6.13. The fourth-order valence-electron chi connectivity index (χ4n) is 0.781. The highest BCUT2D eigenvalue weighted by molar-refractivity contribution is 5.54. The van der Waals surface area contributed by atoms with E-state index in [1.54, 1.807) is 19.2 Å². The van der Waals surface area contributed by atoms with Crippen LogP contribution in [0.15, 0.2) is 18.2 Å². The van der Waals surface area contributed by atoms with E-state index in [1.165, 1.54) is 6.07 Å².